The summed E-state index contributed by atoms with van der Waals surface area (Å²) >= 11 is 6.05. The van der Waals surface area contributed by atoms with Gasteiger partial charge in [0.2, 0.25) is 0 Å². The molecule has 5 heteroatoms. The molecule has 0 radical (unpaired) electrons. The second-order valence-electron chi connectivity index (χ2n) is 7.50. The SMILES string of the molecule is CCC(CCCCl)C1(c2ccc(F)cc2)OCCCc2cc(OC)c(OC)cc21. The van der Waals surface area contributed by atoms with E-state index in [2.05, 4.69) is 13.0 Å². The van der Waals surface area contributed by atoms with Gasteiger partial charge >= 0.3 is 0 Å². The van der Waals surface area contributed by atoms with Gasteiger partial charge < -0.3 is 14.2 Å². The fourth-order valence-corrected chi connectivity index (χ4v) is 4.73. The Balaban J connectivity index is 2.28. The number of alkyl halides is 1. The van der Waals surface area contributed by atoms with Gasteiger partial charge in [-0.15, -0.1) is 11.6 Å². The molecule has 0 aromatic heterocycles. The number of halogens is 2. The van der Waals surface area contributed by atoms with E-state index in [4.69, 9.17) is 25.8 Å². The van der Waals surface area contributed by atoms with Crippen molar-refractivity contribution in [2.45, 2.75) is 44.6 Å². The topological polar surface area (TPSA) is 27.7 Å². The third-order valence-electron chi connectivity index (χ3n) is 5.96. The number of rotatable bonds is 8. The molecule has 2 aromatic rings. The molecule has 158 valence electrons. The van der Waals surface area contributed by atoms with Crippen molar-refractivity contribution in [3.05, 3.63) is 58.9 Å². The van der Waals surface area contributed by atoms with Crippen molar-refractivity contribution >= 4 is 11.6 Å². The summed E-state index contributed by atoms with van der Waals surface area (Å²) in [4.78, 5) is 0. The first-order chi connectivity index (χ1) is 14.1. The number of hydrogen-bond donors (Lipinski definition) is 0. The maximum absolute atomic E-state index is 13.8. The van der Waals surface area contributed by atoms with Gasteiger partial charge in [-0.25, -0.2) is 4.39 Å². The minimum Gasteiger partial charge on any atom is -0.493 e. The molecule has 1 aliphatic rings. The van der Waals surface area contributed by atoms with Crippen LogP contribution in [0.5, 0.6) is 11.5 Å². The highest BCUT2D eigenvalue weighted by Gasteiger charge is 2.45. The Morgan fingerprint density at radius 1 is 1.14 bits per heavy atom. The average molecular weight is 421 g/mol. The molecule has 1 aliphatic heterocycles. The van der Waals surface area contributed by atoms with Crippen LogP contribution in [-0.4, -0.2) is 26.7 Å². The van der Waals surface area contributed by atoms with Gasteiger partial charge in [-0.05, 0) is 79.0 Å². The van der Waals surface area contributed by atoms with Crippen molar-refractivity contribution in [3.63, 3.8) is 0 Å². The molecule has 0 aliphatic carbocycles. The highest BCUT2D eigenvalue weighted by molar-refractivity contribution is 6.17. The summed E-state index contributed by atoms with van der Waals surface area (Å²) in [5.41, 5.74) is 2.56. The zero-order chi connectivity index (χ0) is 20.9. The largest absolute Gasteiger partial charge is 0.493 e. The molecule has 3 rings (SSSR count). The molecular formula is C24H30ClFO3. The number of hydrogen-bond acceptors (Lipinski definition) is 3. The van der Waals surface area contributed by atoms with Crippen LogP contribution in [0.2, 0.25) is 0 Å². The van der Waals surface area contributed by atoms with E-state index in [-0.39, 0.29) is 11.7 Å². The summed E-state index contributed by atoms with van der Waals surface area (Å²) in [6.07, 6.45) is 4.55. The van der Waals surface area contributed by atoms with Gasteiger partial charge in [-0.2, -0.15) is 0 Å². The predicted octanol–water partition coefficient (Wildman–Crippen LogP) is 6.09. The van der Waals surface area contributed by atoms with E-state index in [0.717, 1.165) is 49.0 Å². The molecule has 0 amide bonds. The van der Waals surface area contributed by atoms with Crippen molar-refractivity contribution in [2.24, 2.45) is 5.92 Å². The zero-order valence-electron chi connectivity index (χ0n) is 17.5. The lowest BCUT2D eigenvalue weighted by atomic mass is 9.71. The average Bonchev–Trinajstić information content (AvgIpc) is 2.94. The third kappa shape index (κ3) is 4.24. The van der Waals surface area contributed by atoms with Gasteiger partial charge in [0.1, 0.15) is 11.4 Å². The molecular weight excluding hydrogens is 391 g/mol. The molecule has 2 aromatic carbocycles. The van der Waals surface area contributed by atoms with Gasteiger partial charge in [0.15, 0.2) is 11.5 Å². The molecule has 0 saturated heterocycles. The quantitative estimate of drug-likeness (QED) is 0.483. The molecule has 2 atom stereocenters. The fourth-order valence-electron chi connectivity index (χ4n) is 4.58. The summed E-state index contributed by atoms with van der Waals surface area (Å²) in [5.74, 6) is 1.94. The Kier molecular flexibility index (Phi) is 7.42. The van der Waals surface area contributed by atoms with Crippen LogP contribution in [0.25, 0.3) is 0 Å². The van der Waals surface area contributed by atoms with Gasteiger partial charge in [-0.1, -0.05) is 19.1 Å². The molecule has 29 heavy (non-hydrogen) atoms. The van der Waals surface area contributed by atoms with Crippen LogP contribution >= 0.6 is 11.6 Å². The minimum atomic E-state index is -0.681. The van der Waals surface area contributed by atoms with Crippen LogP contribution < -0.4 is 9.47 Å². The highest BCUT2D eigenvalue weighted by atomic mass is 35.5. The first-order valence-electron chi connectivity index (χ1n) is 10.3. The zero-order valence-corrected chi connectivity index (χ0v) is 18.2. The number of fused-ring (bicyclic) bond motifs is 1. The van der Waals surface area contributed by atoms with Crippen LogP contribution in [0.4, 0.5) is 4.39 Å². The smallest absolute Gasteiger partial charge is 0.161 e. The molecule has 0 N–H and O–H groups in total. The van der Waals surface area contributed by atoms with E-state index >= 15 is 0 Å². The molecule has 1 heterocycles. The molecule has 0 saturated carbocycles. The van der Waals surface area contributed by atoms with Crippen molar-refractivity contribution < 1.29 is 18.6 Å². The Morgan fingerprint density at radius 2 is 1.83 bits per heavy atom. The maximum atomic E-state index is 13.8. The fraction of sp³-hybridized carbons (Fsp3) is 0.500. The predicted molar refractivity (Wildman–Crippen MR) is 115 cm³/mol. The summed E-state index contributed by atoms with van der Waals surface area (Å²) in [6.45, 7) is 2.81. The van der Waals surface area contributed by atoms with Crippen LogP contribution in [0.3, 0.4) is 0 Å². The molecule has 0 spiro atoms. The minimum absolute atomic E-state index is 0.196. The maximum Gasteiger partial charge on any atom is 0.161 e. The normalized spacial score (nSPS) is 19.9. The van der Waals surface area contributed by atoms with Crippen molar-refractivity contribution in [1.29, 1.82) is 0 Å². The van der Waals surface area contributed by atoms with Gasteiger partial charge in [0.05, 0.1) is 14.2 Å². The Bertz CT molecular complexity index is 809. The lowest BCUT2D eigenvalue weighted by molar-refractivity contribution is -0.0631. The van der Waals surface area contributed by atoms with Crippen molar-refractivity contribution in [1.82, 2.24) is 0 Å². The monoisotopic (exact) mass is 420 g/mol. The summed E-state index contributed by atoms with van der Waals surface area (Å²) < 4.78 is 31.6. The van der Waals surface area contributed by atoms with Gasteiger partial charge in [0, 0.05) is 12.5 Å². The Morgan fingerprint density at radius 3 is 2.45 bits per heavy atom. The lowest BCUT2D eigenvalue weighted by Crippen LogP contribution is -2.40. The van der Waals surface area contributed by atoms with Crippen LogP contribution in [0, 0.1) is 11.7 Å². The number of aryl methyl sites for hydroxylation is 1. The van der Waals surface area contributed by atoms with Gasteiger partial charge in [0.25, 0.3) is 0 Å². The van der Waals surface area contributed by atoms with E-state index in [1.54, 1.807) is 14.2 Å². The molecule has 2 unspecified atom stereocenters. The second kappa shape index (κ2) is 9.82. The summed E-state index contributed by atoms with van der Waals surface area (Å²) in [7, 11) is 3.30. The van der Waals surface area contributed by atoms with Gasteiger partial charge in [-0.3, -0.25) is 0 Å². The second-order valence-corrected chi connectivity index (χ2v) is 7.87. The first kappa shape index (κ1) is 21.9. The molecule has 0 bridgehead atoms. The van der Waals surface area contributed by atoms with Crippen LogP contribution in [-0.2, 0) is 16.8 Å². The highest BCUT2D eigenvalue weighted by Crippen LogP contribution is 2.49. The molecule has 0 fully saturated rings. The third-order valence-corrected chi connectivity index (χ3v) is 6.22. The Hall–Kier alpha value is -1.78. The lowest BCUT2D eigenvalue weighted by Gasteiger charge is -2.42. The first-order valence-corrected chi connectivity index (χ1v) is 10.9. The van der Waals surface area contributed by atoms with Crippen LogP contribution in [0.1, 0.15) is 49.3 Å². The number of methoxy groups -OCH3 is 2. The van der Waals surface area contributed by atoms with E-state index in [0.29, 0.717) is 18.2 Å². The standard InChI is InChI=1S/C24H30ClFO3/c1-4-18(8-5-13-25)24(19-9-11-20(26)12-10-19)21-16-23(28-3)22(27-2)15-17(21)7-6-14-29-24/h9-12,15-16,18H,4-8,13-14H2,1-3H3. The van der Waals surface area contributed by atoms with Crippen molar-refractivity contribution in [3.8, 4) is 11.5 Å². The summed E-state index contributed by atoms with van der Waals surface area (Å²) in [5, 5.41) is 0. The Labute approximate surface area is 178 Å². The van der Waals surface area contributed by atoms with Crippen molar-refractivity contribution in [2.75, 3.05) is 26.7 Å². The summed E-state index contributed by atoms with van der Waals surface area (Å²) in [6, 6.07) is 10.8. The molecule has 3 nitrogen and oxygen atoms in total. The van der Waals surface area contributed by atoms with E-state index in [1.165, 1.54) is 17.7 Å². The van der Waals surface area contributed by atoms with E-state index < -0.39 is 5.60 Å². The van der Waals surface area contributed by atoms with E-state index in [9.17, 15) is 4.39 Å². The number of ether oxygens (including phenoxy) is 3. The number of benzene rings is 2. The van der Waals surface area contributed by atoms with E-state index in [1.807, 2.05) is 18.2 Å². The van der Waals surface area contributed by atoms with Crippen LogP contribution in [0.15, 0.2) is 36.4 Å².